The van der Waals surface area contributed by atoms with Crippen LogP contribution < -0.4 is 5.32 Å². The third-order valence-corrected chi connectivity index (χ3v) is 2.60. The van der Waals surface area contributed by atoms with Gasteiger partial charge < -0.3 is 14.8 Å². The minimum absolute atomic E-state index is 0.0393. The standard InChI is InChI=1S/C15H17NO5/c1-10(17)6-7-15(20)21-9-14(19)16-13-5-3-4-12(8-13)11(2)18/h3-5,8H,6-7,9H2,1-2H3,(H,16,19). The van der Waals surface area contributed by atoms with Gasteiger partial charge in [-0.25, -0.2) is 0 Å². The van der Waals surface area contributed by atoms with Crippen LogP contribution in [0.5, 0.6) is 0 Å². The lowest BCUT2D eigenvalue weighted by Crippen LogP contribution is -2.21. The highest BCUT2D eigenvalue weighted by Crippen LogP contribution is 2.11. The molecule has 1 aromatic carbocycles. The number of nitrogens with one attached hydrogen (secondary N) is 1. The van der Waals surface area contributed by atoms with E-state index in [-0.39, 0.29) is 24.4 Å². The molecule has 1 rings (SSSR count). The minimum atomic E-state index is -0.599. The molecule has 0 saturated carbocycles. The number of esters is 1. The van der Waals surface area contributed by atoms with E-state index in [4.69, 9.17) is 4.74 Å². The lowest BCUT2D eigenvalue weighted by atomic mass is 10.1. The number of benzene rings is 1. The summed E-state index contributed by atoms with van der Waals surface area (Å²) < 4.78 is 4.73. The summed E-state index contributed by atoms with van der Waals surface area (Å²) in [5.41, 5.74) is 0.929. The molecule has 0 saturated heterocycles. The maximum Gasteiger partial charge on any atom is 0.306 e. The molecule has 0 atom stereocenters. The molecule has 0 radical (unpaired) electrons. The van der Waals surface area contributed by atoms with E-state index in [0.29, 0.717) is 11.3 Å². The van der Waals surface area contributed by atoms with E-state index in [0.717, 1.165) is 0 Å². The number of hydrogen-bond donors (Lipinski definition) is 1. The molecule has 0 aliphatic heterocycles. The van der Waals surface area contributed by atoms with Crippen LogP contribution in [0.4, 0.5) is 5.69 Å². The van der Waals surface area contributed by atoms with Crippen molar-refractivity contribution >= 4 is 29.1 Å². The van der Waals surface area contributed by atoms with Crippen LogP contribution in [-0.2, 0) is 19.1 Å². The van der Waals surface area contributed by atoms with Crippen molar-refractivity contribution in [2.75, 3.05) is 11.9 Å². The molecule has 0 heterocycles. The van der Waals surface area contributed by atoms with Gasteiger partial charge in [0.25, 0.3) is 5.91 Å². The monoisotopic (exact) mass is 291 g/mol. The highest BCUT2D eigenvalue weighted by atomic mass is 16.5. The average molecular weight is 291 g/mol. The highest BCUT2D eigenvalue weighted by Gasteiger charge is 2.09. The molecule has 112 valence electrons. The van der Waals surface area contributed by atoms with E-state index >= 15 is 0 Å². The van der Waals surface area contributed by atoms with Crippen molar-refractivity contribution in [2.45, 2.75) is 26.7 Å². The van der Waals surface area contributed by atoms with Crippen molar-refractivity contribution in [1.29, 1.82) is 0 Å². The quantitative estimate of drug-likeness (QED) is 0.610. The Kier molecular flexibility index (Phi) is 6.26. The maximum atomic E-state index is 11.6. The summed E-state index contributed by atoms with van der Waals surface area (Å²) in [5, 5.41) is 2.52. The number of amides is 1. The minimum Gasteiger partial charge on any atom is -0.456 e. The third kappa shape index (κ3) is 6.47. The largest absolute Gasteiger partial charge is 0.456 e. The van der Waals surface area contributed by atoms with Gasteiger partial charge in [-0.2, -0.15) is 0 Å². The lowest BCUT2D eigenvalue weighted by Gasteiger charge is -2.07. The van der Waals surface area contributed by atoms with E-state index in [1.807, 2.05) is 0 Å². The highest BCUT2D eigenvalue weighted by molar-refractivity contribution is 5.97. The Balaban J connectivity index is 2.43. The topological polar surface area (TPSA) is 89.5 Å². The molecule has 0 spiro atoms. The van der Waals surface area contributed by atoms with Gasteiger partial charge in [0.1, 0.15) is 5.78 Å². The first-order chi connectivity index (χ1) is 9.88. The molecule has 1 aromatic rings. The van der Waals surface area contributed by atoms with Crippen LogP contribution in [-0.4, -0.2) is 30.0 Å². The molecule has 21 heavy (non-hydrogen) atoms. The molecule has 0 fully saturated rings. The Labute approximate surface area is 122 Å². The first-order valence-corrected chi connectivity index (χ1v) is 6.44. The fourth-order valence-electron chi connectivity index (χ4n) is 1.51. The fourth-order valence-corrected chi connectivity index (χ4v) is 1.51. The molecule has 6 nitrogen and oxygen atoms in total. The Morgan fingerprint density at radius 2 is 1.81 bits per heavy atom. The van der Waals surface area contributed by atoms with Crippen molar-refractivity contribution in [1.82, 2.24) is 0 Å². The lowest BCUT2D eigenvalue weighted by molar-refractivity contribution is -0.148. The molecule has 6 heteroatoms. The number of Topliss-reactive ketones (excluding diaryl/α,β-unsaturated/α-hetero) is 2. The number of anilines is 1. The van der Waals surface area contributed by atoms with Gasteiger partial charge in [-0.15, -0.1) is 0 Å². The fraction of sp³-hybridized carbons (Fsp3) is 0.333. The van der Waals surface area contributed by atoms with Crippen LogP contribution >= 0.6 is 0 Å². The first-order valence-electron chi connectivity index (χ1n) is 6.44. The number of ketones is 2. The van der Waals surface area contributed by atoms with E-state index in [1.165, 1.54) is 19.9 Å². The summed E-state index contributed by atoms with van der Waals surface area (Å²) in [6, 6.07) is 6.45. The smallest absolute Gasteiger partial charge is 0.306 e. The Bertz CT molecular complexity index is 565. The third-order valence-electron chi connectivity index (χ3n) is 2.60. The summed E-state index contributed by atoms with van der Waals surface area (Å²) in [5.74, 6) is -1.33. The molecular weight excluding hydrogens is 274 g/mol. The zero-order valence-corrected chi connectivity index (χ0v) is 12.0. The summed E-state index contributed by atoms with van der Waals surface area (Å²) in [6.07, 6.45) is 0.0591. The Hall–Kier alpha value is -2.50. The molecule has 0 unspecified atom stereocenters. The zero-order valence-electron chi connectivity index (χ0n) is 12.0. The van der Waals surface area contributed by atoms with Crippen LogP contribution in [0.15, 0.2) is 24.3 Å². The molecule has 0 aromatic heterocycles. The van der Waals surface area contributed by atoms with Crippen molar-refractivity contribution in [2.24, 2.45) is 0 Å². The van der Waals surface area contributed by atoms with Gasteiger partial charge in [0.15, 0.2) is 12.4 Å². The van der Waals surface area contributed by atoms with Gasteiger partial charge in [0, 0.05) is 17.7 Å². The Morgan fingerprint density at radius 1 is 1.10 bits per heavy atom. The summed E-state index contributed by atoms with van der Waals surface area (Å²) >= 11 is 0. The molecule has 1 N–H and O–H groups in total. The molecular formula is C15H17NO5. The van der Waals surface area contributed by atoms with Gasteiger partial charge in [-0.05, 0) is 26.0 Å². The van der Waals surface area contributed by atoms with Crippen molar-refractivity contribution < 1.29 is 23.9 Å². The van der Waals surface area contributed by atoms with E-state index in [9.17, 15) is 19.2 Å². The predicted octanol–water partition coefficient (Wildman–Crippen LogP) is 1.74. The van der Waals surface area contributed by atoms with E-state index < -0.39 is 18.5 Å². The number of carbonyl (C=O) groups excluding carboxylic acids is 4. The SMILES string of the molecule is CC(=O)CCC(=O)OCC(=O)Nc1cccc(C(C)=O)c1. The second-order valence-corrected chi connectivity index (χ2v) is 4.55. The Morgan fingerprint density at radius 3 is 2.43 bits per heavy atom. The number of hydrogen-bond acceptors (Lipinski definition) is 5. The van der Waals surface area contributed by atoms with Crippen molar-refractivity contribution in [3.63, 3.8) is 0 Å². The van der Waals surface area contributed by atoms with Gasteiger partial charge >= 0.3 is 5.97 Å². The molecule has 0 bridgehead atoms. The summed E-state index contributed by atoms with van der Waals surface area (Å²) in [4.78, 5) is 44.8. The summed E-state index contributed by atoms with van der Waals surface area (Å²) in [7, 11) is 0. The van der Waals surface area contributed by atoms with Crippen LogP contribution in [0, 0.1) is 0 Å². The predicted molar refractivity (Wildman–Crippen MR) is 76.0 cm³/mol. The summed E-state index contributed by atoms with van der Waals surface area (Å²) in [6.45, 7) is 2.38. The van der Waals surface area contributed by atoms with E-state index in [2.05, 4.69) is 5.32 Å². The van der Waals surface area contributed by atoms with Gasteiger partial charge in [0.05, 0.1) is 6.42 Å². The second kappa shape index (κ2) is 7.94. The number of rotatable bonds is 7. The zero-order chi connectivity index (χ0) is 15.8. The van der Waals surface area contributed by atoms with Crippen molar-refractivity contribution in [3.05, 3.63) is 29.8 Å². The molecule has 1 amide bonds. The normalized spacial score (nSPS) is 9.81. The molecule has 0 aliphatic rings. The van der Waals surface area contributed by atoms with E-state index in [1.54, 1.807) is 18.2 Å². The average Bonchev–Trinajstić information content (AvgIpc) is 2.43. The first kappa shape index (κ1) is 16.6. The van der Waals surface area contributed by atoms with Crippen LogP contribution in [0.2, 0.25) is 0 Å². The van der Waals surface area contributed by atoms with Gasteiger partial charge in [-0.1, -0.05) is 12.1 Å². The van der Waals surface area contributed by atoms with Crippen LogP contribution in [0.1, 0.15) is 37.0 Å². The maximum absolute atomic E-state index is 11.6. The van der Waals surface area contributed by atoms with Crippen molar-refractivity contribution in [3.8, 4) is 0 Å². The molecule has 0 aliphatic carbocycles. The number of carbonyl (C=O) groups is 4. The van der Waals surface area contributed by atoms with Crippen LogP contribution in [0.3, 0.4) is 0 Å². The number of ether oxygens (including phenoxy) is 1. The van der Waals surface area contributed by atoms with Gasteiger partial charge in [-0.3, -0.25) is 14.4 Å². The van der Waals surface area contributed by atoms with Gasteiger partial charge in [0.2, 0.25) is 0 Å². The second-order valence-electron chi connectivity index (χ2n) is 4.55. The van der Waals surface area contributed by atoms with Crippen LogP contribution in [0.25, 0.3) is 0 Å².